The molecule has 122 valence electrons. The summed E-state index contributed by atoms with van der Waals surface area (Å²) in [6, 6.07) is 8.05. The van der Waals surface area contributed by atoms with E-state index in [0.29, 0.717) is 12.5 Å². The number of likely N-dealkylation sites (tertiary alicyclic amines) is 1. The SMILES string of the molecule is OCCOc1ccccc1CN1CC[C@@]2(O)CCCC[C@H]2C1. The number of benzene rings is 1. The van der Waals surface area contributed by atoms with Crippen LogP contribution in [0.25, 0.3) is 0 Å². The minimum Gasteiger partial charge on any atom is -0.491 e. The molecule has 2 aliphatic rings. The van der Waals surface area contributed by atoms with Gasteiger partial charge in [-0.15, -0.1) is 0 Å². The summed E-state index contributed by atoms with van der Waals surface area (Å²) in [4.78, 5) is 2.44. The van der Waals surface area contributed by atoms with Crippen molar-refractivity contribution < 1.29 is 14.9 Å². The molecule has 2 fully saturated rings. The van der Waals surface area contributed by atoms with E-state index in [1.54, 1.807) is 0 Å². The third kappa shape index (κ3) is 3.45. The highest BCUT2D eigenvalue weighted by Gasteiger charge is 2.42. The molecule has 1 aromatic carbocycles. The van der Waals surface area contributed by atoms with Crippen LogP contribution in [0.1, 0.15) is 37.7 Å². The molecular formula is C18H27NO3. The normalized spacial score (nSPS) is 29.1. The minimum atomic E-state index is -0.415. The van der Waals surface area contributed by atoms with Gasteiger partial charge in [0, 0.05) is 31.1 Å². The van der Waals surface area contributed by atoms with Gasteiger partial charge in [-0.05, 0) is 25.3 Å². The molecule has 2 N–H and O–H groups in total. The Labute approximate surface area is 132 Å². The van der Waals surface area contributed by atoms with E-state index < -0.39 is 5.60 Å². The number of fused-ring (bicyclic) bond motifs is 1. The van der Waals surface area contributed by atoms with Crippen LogP contribution in [0.3, 0.4) is 0 Å². The molecule has 0 bridgehead atoms. The Morgan fingerprint density at radius 3 is 2.95 bits per heavy atom. The van der Waals surface area contributed by atoms with Gasteiger partial charge in [0.1, 0.15) is 12.4 Å². The lowest BCUT2D eigenvalue weighted by Crippen LogP contribution is -2.52. The summed E-state index contributed by atoms with van der Waals surface area (Å²) in [5, 5.41) is 19.7. The lowest BCUT2D eigenvalue weighted by molar-refractivity contribution is -0.0968. The van der Waals surface area contributed by atoms with Crippen molar-refractivity contribution in [3.63, 3.8) is 0 Å². The smallest absolute Gasteiger partial charge is 0.123 e. The Morgan fingerprint density at radius 2 is 2.09 bits per heavy atom. The summed E-state index contributed by atoms with van der Waals surface area (Å²) in [6.45, 7) is 3.15. The van der Waals surface area contributed by atoms with E-state index in [0.717, 1.165) is 50.2 Å². The maximum absolute atomic E-state index is 10.8. The molecule has 2 atom stereocenters. The van der Waals surface area contributed by atoms with Crippen LogP contribution >= 0.6 is 0 Å². The fourth-order valence-electron chi connectivity index (χ4n) is 3.96. The first-order chi connectivity index (χ1) is 10.7. The van der Waals surface area contributed by atoms with Crippen molar-refractivity contribution in [2.75, 3.05) is 26.3 Å². The highest BCUT2D eigenvalue weighted by molar-refractivity contribution is 5.33. The number of aliphatic hydroxyl groups is 2. The van der Waals surface area contributed by atoms with Crippen molar-refractivity contribution >= 4 is 0 Å². The van der Waals surface area contributed by atoms with Crippen molar-refractivity contribution in [1.29, 1.82) is 0 Å². The number of piperidine rings is 1. The Kier molecular flexibility index (Phi) is 5.01. The third-order valence-electron chi connectivity index (χ3n) is 5.23. The van der Waals surface area contributed by atoms with Crippen LogP contribution in [-0.2, 0) is 6.54 Å². The second kappa shape index (κ2) is 6.99. The number of ether oxygens (including phenoxy) is 1. The maximum atomic E-state index is 10.8. The molecule has 1 aromatic rings. The molecule has 1 saturated carbocycles. The van der Waals surface area contributed by atoms with Crippen LogP contribution < -0.4 is 4.74 Å². The molecule has 0 aromatic heterocycles. The number of hydrogen-bond acceptors (Lipinski definition) is 4. The standard InChI is InChI=1S/C18H27NO3/c20-11-12-22-17-7-2-1-5-15(17)13-19-10-9-18(21)8-4-3-6-16(18)14-19/h1-2,5,7,16,20-21H,3-4,6,8-14H2/t16-,18-/m0/s1. The van der Waals surface area contributed by atoms with Crippen LogP contribution in [0, 0.1) is 5.92 Å². The quantitative estimate of drug-likeness (QED) is 0.875. The van der Waals surface area contributed by atoms with Gasteiger partial charge >= 0.3 is 0 Å². The lowest BCUT2D eigenvalue weighted by atomic mass is 9.71. The monoisotopic (exact) mass is 305 g/mol. The summed E-state index contributed by atoms with van der Waals surface area (Å²) in [5.74, 6) is 1.28. The molecule has 1 heterocycles. The zero-order valence-corrected chi connectivity index (χ0v) is 13.2. The molecule has 1 aliphatic carbocycles. The molecule has 4 heteroatoms. The van der Waals surface area contributed by atoms with Crippen molar-refractivity contribution in [2.24, 2.45) is 5.92 Å². The first kappa shape index (κ1) is 15.8. The largest absolute Gasteiger partial charge is 0.491 e. The Balaban J connectivity index is 1.64. The molecule has 0 radical (unpaired) electrons. The lowest BCUT2D eigenvalue weighted by Gasteiger charge is -2.47. The van der Waals surface area contributed by atoms with Gasteiger partial charge in [0.05, 0.1) is 12.2 Å². The molecule has 0 amide bonds. The number of nitrogens with zero attached hydrogens (tertiary/aromatic N) is 1. The number of rotatable bonds is 5. The van der Waals surface area contributed by atoms with E-state index >= 15 is 0 Å². The first-order valence-corrected chi connectivity index (χ1v) is 8.47. The second-order valence-electron chi connectivity index (χ2n) is 6.71. The number of hydrogen-bond donors (Lipinski definition) is 2. The van der Waals surface area contributed by atoms with E-state index in [-0.39, 0.29) is 6.61 Å². The fourth-order valence-corrected chi connectivity index (χ4v) is 3.96. The van der Waals surface area contributed by atoms with Gasteiger partial charge < -0.3 is 14.9 Å². The van der Waals surface area contributed by atoms with Gasteiger partial charge in [0.25, 0.3) is 0 Å². The van der Waals surface area contributed by atoms with Crippen molar-refractivity contribution in [3.05, 3.63) is 29.8 Å². The Morgan fingerprint density at radius 1 is 1.23 bits per heavy atom. The maximum Gasteiger partial charge on any atom is 0.123 e. The fraction of sp³-hybridized carbons (Fsp3) is 0.667. The number of aliphatic hydroxyl groups excluding tert-OH is 1. The van der Waals surface area contributed by atoms with Gasteiger partial charge in [0.15, 0.2) is 0 Å². The van der Waals surface area contributed by atoms with Crippen LogP contribution in [0.2, 0.25) is 0 Å². The molecule has 4 nitrogen and oxygen atoms in total. The molecule has 1 saturated heterocycles. The Bertz CT molecular complexity index is 493. The van der Waals surface area contributed by atoms with Crippen molar-refractivity contribution in [3.8, 4) is 5.75 Å². The van der Waals surface area contributed by atoms with Crippen LogP contribution in [-0.4, -0.2) is 47.0 Å². The summed E-state index contributed by atoms with van der Waals surface area (Å²) in [6.07, 6.45) is 5.43. The zero-order chi connectivity index (χ0) is 15.4. The molecule has 0 unspecified atom stereocenters. The van der Waals surface area contributed by atoms with Crippen molar-refractivity contribution in [1.82, 2.24) is 4.90 Å². The van der Waals surface area contributed by atoms with Gasteiger partial charge in [-0.3, -0.25) is 4.90 Å². The minimum absolute atomic E-state index is 0.0349. The summed E-state index contributed by atoms with van der Waals surface area (Å²) in [5.41, 5.74) is 0.749. The summed E-state index contributed by atoms with van der Waals surface area (Å²) in [7, 11) is 0. The van der Waals surface area contributed by atoms with Crippen LogP contribution in [0.5, 0.6) is 5.75 Å². The average Bonchev–Trinajstić information content (AvgIpc) is 2.54. The molecule has 0 spiro atoms. The third-order valence-corrected chi connectivity index (χ3v) is 5.23. The van der Waals surface area contributed by atoms with E-state index in [1.807, 2.05) is 18.2 Å². The molecular weight excluding hydrogens is 278 g/mol. The topological polar surface area (TPSA) is 52.9 Å². The molecule has 22 heavy (non-hydrogen) atoms. The predicted octanol–water partition coefficient (Wildman–Crippen LogP) is 2.18. The van der Waals surface area contributed by atoms with Gasteiger partial charge in [-0.2, -0.15) is 0 Å². The van der Waals surface area contributed by atoms with E-state index in [1.165, 1.54) is 12.8 Å². The Hall–Kier alpha value is -1.10. The number of para-hydroxylation sites is 1. The molecule has 3 rings (SSSR count). The van der Waals surface area contributed by atoms with Gasteiger partial charge in [0.2, 0.25) is 0 Å². The van der Waals surface area contributed by atoms with Gasteiger partial charge in [-0.25, -0.2) is 0 Å². The molecule has 1 aliphatic heterocycles. The van der Waals surface area contributed by atoms with Gasteiger partial charge in [-0.1, -0.05) is 31.0 Å². The highest BCUT2D eigenvalue weighted by atomic mass is 16.5. The van der Waals surface area contributed by atoms with Crippen molar-refractivity contribution in [2.45, 2.75) is 44.2 Å². The summed E-state index contributed by atoms with van der Waals surface area (Å²) < 4.78 is 5.63. The zero-order valence-electron chi connectivity index (χ0n) is 13.2. The highest BCUT2D eigenvalue weighted by Crippen LogP contribution is 2.40. The van der Waals surface area contributed by atoms with Crippen LogP contribution in [0.4, 0.5) is 0 Å². The van der Waals surface area contributed by atoms with E-state index in [2.05, 4.69) is 11.0 Å². The van der Waals surface area contributed by atoms with E-state index in [4.69, 9.17) is 9.84 Å². The average molecular weight is 305 g/mol. The first-order valence-electron chi connectivity index (χ1n) is 8.47. The predicted molar refractivity (Wildman–Crippen MR) is 85.8 cm³/mol. The second-order valence-corrected chi connectivity index (χ2v) is 6.71. The van der Waals surface area contributed by atoms with E-state index in [9.17, 15) is 5.11 Å². The summed E-state index contributed by atoms with van der Waals surface area (Å²) >= 11 is 0. The van der Waals surface area contributed by atoms with Crippen LogP contribution in [0.15, 0.2) is 24.3 Å².